The van der Waals surface area contributed by atoms with Crippen LogP contribution in [-0.4, -0.2) is 37.0 Å². The topological polar surface area (TPSA) is 94.7 Å². The first-order chi connectivity index (χ1) is 15.0. The van der Waals surface area contributed by atoms with E-state index in [2.05, 4.69) is 20.5 Å². The van der Waals surface area contributed by atoms with E-state index in [4.69, 9.17) is 0 Å². The molecule has 1 aromatic carbocycles. The summed E-state index contributed by atoms with van der Waals surface area (Å²) in [4.78, 5) is 29.1. The van der Waals surface area contributed by atoms with Gasteiger partial charge in [0, 0.05) is 35.7 Å². The van der Waals surface area contributed by atoms with E-state index in [1.54, 1.807) is 22.1 Å². The van der Waals surface area contributed by atoms with E-state index in [-0.39, 0.29) is 18.0 Å². The van der Waals surface area contributed by atoms with Crippen molar-refractivity contribution < 1.29 is 4.79 Å². The van der Waals surface area contributed by atoms with Gasteiger partial charge in [-0.15, -0.1) is 16.4 Å². The first-order valence-corrected chi connectivity index (χ1v) is 10.8. The Morgan fingerprint density at radius 3 is 2.65 bits per heavy atom. The highest BCUT2D eigenvalue weighted by Crippen LogP contribution is 2.23. The van der Waals surface area contributed by atoms with Crippen LogP contribution in [0.15, 0.2) is 58.7 Å². The lowest BCUT2D eigenvalue weighted by molar-refractivity contribution is -0.121. The van der Waals surface area contributed by atoms with Crippen LogP contribution in [-0.2, 0) is 17.8 Å². The normalized spacial score (nSPS) is 10.9. The second-order valence-corrected chi connectivity index (χ2v) is 7.99. The molecule has 0 aliphatic carbocycles. The number of rotatable bonds is 7. The smallest absolute Gasteiger partial charge is 0.267 e. The molecule has 0 saturated carbocycles. The molecule has 1 N–H and O–H groups in total. The Hall–Kier alpha value is -3.59. The Labute approximate surface area is 183 Å². The zero-order valence-corrected chi connectivity index (χ0v) is 18.1. The van der Waals surface area contributed by atoms with Crippen LogP contribution in [0, 0.1) is 13.8 Å². The molecule has 1 amide bonds. The average molecular weight is 435 g/mol. The van der Waals surface area contributed by atoms with Gasteiger partial charge in [0.25, 0.3) is 5.56 Å². The molecular formula is C22H22N6O2S. The Balaban J connectivity index is 1.35. The van der Waals surface area contributed by atoms with Crippen LogP contribution >= 0.6 is 11.3 Å². The molecule has 0 bridgehead atoms. The summed E-state index contributed by atoms with van der Waals surface area (Å²) in [7, 11) is 0. The minimum absolute atomic E-state index is 0.154. The van der Waals surface area contributed by atoms with Crippen molar-refractivity contribution in [2.75, 3.05) is 6.54 Å². The zero-order chi connectivity index (χ0) is 21.8. The molecule has 9 heteroatoms. The maximum absolute atomic E-state index is 12.3. The van der Waals surface area contributed by atoms with Gasteiger partial charge in [0.15, 0.2) is 5.82 Å². The summed E-state index contributed by atoms with van der Waals surface area (Å²) in [5.41, 5.74) is 3.42. The number of amides is 1. The van der Waals surface area contributed by atoms with Crippen molar-refractivity contribution >= 4 is 17.2 Å². The molecule has 0 unspecified atom stereocenters. The maximum atomic E-state index is 12.3. The van der Waals surface area contributed by atoms with Crippen molar-refractivity contribution in [3.63, 3.8) is 0 Å². The van der Waals surface area contributed by atoms with E-state index in [1.165, 1.54) is 6.07 Å². The predicted molar refractivity (Wildman–Crippen MR) is 119 cm³/mol. The lowest BCUT2D eigenvalue weighted by Gasteiger charge is -2.08. The van der Waals surface area contributed by atoms with Gasteiger partial charge in [-0.1, -0.05) is 30.3 Å². The van der Waals surface area contributed by atoms with Crippen molar-refractivity contribution in [3.05, 3.63) is 81.3 Å². The maximum Gasteiger partial charge on any atom is 0.267 e. The standard InChI is InChI=1S/C22H22N6O2S/c1-15-12-16(2)28(25-15)19-8-9-21(30)27(26-19)13-20(29)23-11-10-18-14-31-22(24-18)17-6-4-3-5-7-17/h3-9,12,14H,10-11,13H2,1-2H3,(H,23,29). The average Bonchev–Trinajstić information content (AvgIpc) is 3.36. The zero-order valence-electron chi connectivity index (χ0n) is 17.3. The fourth-order valence-electron chi connectivity index (χ4n) is 3.18. The number of benzene rings is 1. The van der Waals surface area contributed by atoms with Gasteiger partial charge < -0.3 is 5.32 Å². The van der Waals surface area contributed by atoms with Crippen LogP contribution < -0.4 is 10.9 Å². The molecule has 0 radical (unpaired) electrons. The second-order valence-electron chi connectivity index (χ2n) is 7.14. The molecule has 0 fully saturated rings. The summed E-state index contributed by atoms with van der Waals surface area (Å²) in [6.07, 6.45) is 0.614. The van der Waals surface area contributed by atoms with Gasteiger partial charge >= 0.3 is 0 Å². The van der Waals surface area contributed by atoms with Crippen LogP contribution in [0.25, 0.3) is 16.4 Å². The van der Waals surface area contributed by atoms with E-state index in [0.717, 1.165) is 32.3 Å². The highest BCUT2D eigenvalue weighted by atomic mass is 32.1. The number of aryl methyl sites for hydroxylation is 2. The van der Waals surface area contributed by atoms with Crippen LogP contribution in [0.3, 0.4) is 0 Å². The lowest BCUT2D eigenvalue weighted by atomic mass is 10.2. The molecule has 3 aromatic heterocycles. The summed E-state index contributed by atoms with van der Waals surface area (Å²) >= 11 is 1.58. The van der Waals surface area contributed by atoms with Crippen molar-refractivity contribution in [2.45, 2.75) is 26.8 Å². The summed E-state index contributed by atoms with van der Waals surface area (Å²) in [5.74, 6) is 0.215. The van der Waals surface area contributed by atoms with Gasteiger partial charge in [-0.2, -0.15) is 5.10 Å². The van der Waals surface area contributed by atoms with Crippen molar-refractivity contribution in [3.8, 4) is 16.4 Å². The molecule has 0 atom stereocenters. The Morgan fingerprint density at radius 2 is 1.90 bits per heavy atom. The molecule has 158 valence electrons. The summed E-state index contributed by atoms with van der Waals surface area (Å²) in [6.45, 7) is 4.07. The fraction of sp³-hybridized carbons (Fsp3) is 0.227. The molecule has 0 spiro atoms. The fourth-order valence-corrected chi connectivity index (χ4v) is 4.04. The molecule has 0 aliphatic heterocycles. The number of nitrogens with one attached hydrogen (secondary N) is 1. The number of carbonyl (C=O) groups is 1. The Kier molecular flexibility index (Phi) is 6.03. The molecule has 0 saturated heterocycles. The number of hydrogen-bond acceptors (Lipinski definition) is 6. The summed E-state index contributed by atoms with van der Waals surface area (Å²) in [6, 6.07) is 14.9. The summed E-state index contributed by atoms with van der Waals surface area (Å²) in [5, 5.41) is 14.5. The molecule has 3 heterocycles. The second kappa shape index (κ2) is 9.05. The SMILES string of the molecule is Cc1cc(C)n(-c2ccc(=O)n(CC(=O)NCCc3csc(-c4ccccc4)n3)n2)n1. The van der Waals surface area contributed by atoms with E-state index in [1.807, 2.05) is 55.6 Å². The largest absolute Gasteiger partial charge is 0.354 e. The van der Waals surface area contributed by atoms with E-state index in [0.29, 0.717) is 18.8 Å². The molecule has 31 heavy (non-hydrogen) atoms. The Bertz CT molecular complexity index is 1260. The van der Waals surface area contributed by atoms with Gasteiger partial charge in [-0.05, 0) is 26.0 Å². The van der Waals surface area contributed by atoms with Crippen molar-refractivity contribution in [2.24, 2.45) is 0 Å². The minimum Gasteiger partial charge on any atom is -0.354 e. The monoisotopic (exact) mass is 434 g/mol. The van der Waals surface area contributed by atoms with Crippen molar-refractivity contribution in [1.29, 1.82) is 0 Å². The van der Waals surface area contributed by atoms with Gasteiger partial charge in [0.05, 0.1) is 11.4 Å². The first kappa shape index (κ1) is 20.7. The molecule has 4 rings (SSSR count). The quantitative estimate of drug-likeness (QED) is 0.482. The van der Waals surface area contributed by atoms with Crippen LogP contribution in [0.1, 0.15) is 17.1 Å². The number of aromatic nitrogens is 5. The number of thiazole rings is 1. The number of nitrogens with zero attached hydrogens (tertiary/aromatic N) is 5. The van der Waals surface area contributed by atoms with Crippen molar-refractivity contribution in [1.82, 2.24) is 29.9 Å². The highest BCUT2D eigenvalue weighted by molar-refractivity contribution is 7.13. The number of carbonyl (C=O) groups excluding carboxylic acids is 1. The molecular weight excluding hydrogens is 412 g/mol. The van der Waals surface area contributed by atoms with Gasteiger partial charge in [-0.3, -0.25) is 9.59 Å². The third-order valence-electron chi connectivity index (χ3n) is 4.65. The third-order valence-corrected chi connectivity index (χ3v) is 5.59. The first-order valence-electron chi connectivity index (χ1n) is 9.88. The summed E-state index contributed by atoms with van der Waals surface area (Å²) < 4.78 is 2.80. The third kappa shape index (κ3) is 4.95. The molecule has 4 aromatic rings. The minimum atomic E-state index is -0.340. The lowest BCUT2D eigenvalue weighted by Crippen LogP contribution is -2.34. The van der Waals surface area contributed by atoms with Crippen LogP contribution in [0.4, 0.5) is 0 Å². The van der Waals surface area contributed by atoms with Gasteiger partial charge in [0.1, 0.15) is 11.6 Å². The van der Waals surface area contributed by atoms with Gasteiger partial charge in [0.2, 0.25) is 5.91 Å². The van der Waals surface area contributed by atoms with E-state index >= 15 is 0 Å². The molecule has 0 aliphatic rings. The Morgan fingerprint density at radius 1 is 1.10 bits per heavy atom. The van der Waals surface area contributed by atoms with E-state index < -0.39 is 0 Å². The van der Waals surface area contributed by atoms with Gasteiger partial charge in [-0.25, -0.2) is 14.3 Å². The predicted octanol–water partition coefficient (Wildman–Crippen LogP) is 2.53. The highest BCUT2D eigenvalue weighted by Gasteiger charge is 2.11. The van der Waals surface area contributed by atoms with E-state index in [9.17, 15) is 9.59 Å². The van der Waals surface area contributed by atoms with Crippen LogP contribution in [0.5, 0.6) is 0 Å². The number of hydrogen-bond donors (Lipinski definition) is 1. The van der Waals surface area contributed by atoms with Crippen LogP contribution in [0.2, 0.25) is 0 Å². The molecule has 8 nitrogen and oxygen atoms in total.